The topological polar surface area (TPSA) is 26.5 Å². The van der Waals surface area contributed by atoms with Crippen LogP contribution in [0.4, 0.5) is 8.78 Å². The molecule has 0 aliphatic rings. The van der Waals surface area contributed by atoms with E-state index in [0.717, 1.165) is 28.0 Å². The van der Waals surface area contributed by atoms with Gasteiger partial charge in [0.15, 0.2) is 9.04 Å². The predicted molar refractivity (Wildman–Crippen MR) is 128 cm³/mol. The number of pyridine rings is 1. The maximum atomic E-state index is 15.2. The number of fused-ring (bicyclic) bond motifs is 1. The van der Waals surface area contributed by atoms with Gasteiger partial charge in [0.25, 0.3) is 0 Å². The molecule has 4 rings (SSSR count). The summed E-state index contributed by atoms with van der Waals surface area (Å²) >= 11 is 0. The second kappa shape index (κ2) is 8.60. The molecule has 0 aliphatic heterocycles. The molecule has 2 aromatic carbocycles. The molecule has 0 aliphatic carbocycles. The third-order valence-corrected chi connectivity index (χ3v) is 6.23. The Bertz CT molecular complexity index is 1240. The van der Waals surface area contributed by atoms with E-state index in [1.165, 1.54) is 18.2 Å². The summed E-state index contributed by atoms with van der Waals surface area (Å²) in [4.78, 5) is 4.65. The van der Waals surface area contributed by atoms with Crippen molar-refractivity contribution in [1.82, 2.24) is 9.38 Å². The maximum Gasteiger partial charge on any atom is 0.171 e. The number of aromatic nitrogens is 2. The lowest BCUT2D eigenvalue weighted by atomic mass is 9.81. The van der Waals surface area contributed by atoms with Crippen LogP contribution in [-0.4, -0.2) is 18.4 Å². The third kappa shape index (κ3) is 4.52. The third-order valence-electron chi connectivity index (χ3n) is 5.41. The molecule has 2 heterocycles. The molecule has 2 aromatic heterocycles. The van der Waals surface area contributed by atoms with Crippen molar-refractivity contribution < 1.29 is 13.2 Å². The minimum Gasteiger partial charge on any atom is -0.413 e. The van der Waals surface area contributed by atoms with E-state index >= 15 is 4.39 Å². The molecule has 0 fully saturated rings. The standard InChI is InChI=1S/C26H28F2N2OSi/c1-26(2,3)25(31-32(4)5)24-20(7-6-8-21(24)28)18-11-14-23-29-22(16-30(23)15-18)17-9-12-19(27)13-10-17/h6-16,25,32H,1-5H3. The molecule has 6 heteroatoms. The minimum atomic E-state index is -1.42. The van der Waals surface area contributed by atoms with Gasteiger partial charge in [0.1, 0.15) is 17.3 Å². The van der Waals surface area contributed by atoms with Gasteiger partial charge in [0.05, 0.1) is 11.8 Å². The summed E-state index contributed by atoms with van der Waals surface area (Å²) in [5, 5.41) is 0. The molecule has 1 unspecified atom stereocenters. The van der Waals surface area contributed by atoms with Crippen molar-refractivity contribution in [3.8, 4) is 22.4 Å². The van der Waals surface area contributed by atoms with Crippen molar-refractivity contribution in [3.63, 3.8) is 0 Å². The van der Waals surface area contributed by atoms with Crippen molar-refractivity contribution in [2.45, 2.75) is 40.0 Å². The number of hydrogen-bond donors (Lipinski definition) is 0. The molecule has 4 aromatic rings. The Morgan fingerprint density at radius 1 is 0.906 bits per heavy atom. The first-order valence-electron chi connectivity index (χ1n) is 10.8. The smallest absolute Gasteiger partial charge is 0.171 e. The summed E-state index contributed by atoms with van der Waals surface area (Å²) < 4.78 is 36.8. The van der Waals surface area contributed by atoms with Crippen LogP contribution in [0.2, 0.25) is 13.1 Å². The second-order valence-electron chi connectivity index (χ2n) is 9.45. The maximum absolute atomic E-state index is 15.2. The first kappa shape index (κ1) is 22.4. The van der Waals surface area contributed by atoms with Gasteiger partial charge in [-0.3, -0.25) is 0 Å². The van der Waals surface area contributed by atoms with E-state index in [1.54, 1.807) is 18.2 Å². The van der Waals surface area contributed by atoms with Crippen LogP contribution in [0.1, 0.15) is 32.4 Å². The zero-order valence-corrected chi connectivity index (χ0v) is 20.2. The van der Waals surface area contributed by atoms with Gasteiger partial charge in [0.2, 0.25) is 0 Å². The Hall–Kier alpha value is -2.83. The molecule has 0 radical (unpaired) electrons. The van der Waals surface area contributed by atoms with E-state index in [-0.39, 0.29) is 23.2 Å². The molecule has 0 spiro atoms. The molecule has 3 nitrogen and oxygen atoms in total. The Morgan fingerprint density at radius 2 is 1.59 bits per heavy atom. The highest BCUT2D eigenvalue weighted by molar-refractivity contribution is 6.48. The first-order chi connectivity index (χ1) is 15.1. The molecule has 0 amide bonds. The van der Waals surface area contributed by atoms with Gasteiger partial charge in [-0.1, -0.05) is 32.9 Å². The highest BCUT2D eigenvalue weighted by Gasteiger charge is 2.32. The Kier molecular flexibility index (Phi) is 6.01. The molecule has 166 valence electrons. The lowest BCUT2D eigenvalue weighted by Gasteiger charge is -2.34. The summed E-state index contributed by atoms with van der Waals surface area (Å²) in [7, 11) is -1.42. The molecular weight excluding hydrogens is 422 g/mol. The van der Waals surface area contributed by atoms with E-state index in [4.69, 9.17) is 4.43 Å². The quantitative estimate of drug-likeness (QED) is 0.305. The fourth-order valence-corrected chi connectivity index (χ4v) is 5.03. The van der Waals surface area contributed by atoms with Gasteiger partial charge in [-0.2, -0.15) is 0 Å². The largest absolute Gasteiger partial charge is 0.413 e. The van der Waals surface area contributed by atoms with E-state index in [9.17, 15) is 4.39 Å². The van der Waals surface area contributed by atoms with Crippen LogP contribution in [0.25, 0.3) is 28.0 Å². The average Bonchev–Trinajstić information content (AvgIpc) is 3.15. The van der Waals surface area contributed by atoms with E-state index in [0.29, 0.717) is 5.56 Å². The van der Waals surface area contributed by atoms with Crippen LogP contribution >= 0.6 is 0 Å². The molecule has 32 heavy (non-hydrogen) atoms. The fraction of sp³-hybridized carbons (Fsp3) is 0.269. The summed E-state index contributed by atoms with van der Waals surface area (Å²) in [5.74, 6) is -0.534. The molecule has 0 N–H and O–H groups in total. The van der Waals surface area contributed by atoms with Crippen molar-refractivity contribution >= 4 is 14.7 Å². The number of halogens is 2. The average molecular weight is 451 g/mol. The number of nitrogens with zero attached hydrogens (tertiary/aromatic N) is 2. The summed E-state index contributed by atoms with van der Waals surface area (Å²) in [6.07, 6.45) is 3.52. The van der Waals surface area contributed by atoms with Crippen LogP contribution in [0, 0.1) is 17.0 Å². The van der Waals surface area contributed by atoms with Gasteiger partial charge in [-0.15, -0.1) is 0 Å². The second-order valence-corrected chi connectivity index (χ2v) is 11.8. The highest BCUT2D eigenvalue weighted by Crippen LogP contribution is 2.42. The van der Waals surface area contributed by atoms with Gasteiger partial charge < -0.3 is 8.83 Å². The number of imidazole rings is 1. The minimum absolute atomic E-state index is 0.255. The van der Waals surface area contributed by atoms with E-state index in [2.05, 4.69) is 38.8 Å². The lowest BCUT2D eigenvalue weighted by Crippen LogP contribution is -2.27. The molecule has 1 atom stereocenters. The van der Waals surface area contributed by atoms with Crippen LogP contribution in [0.5, 0.6) is 0 Å². The lowest BCUT2D eigenvalue weighted by molar-refractivity contribution is 0.0837. The molecule has 0 saturated heterocycles. The van der Waals surface area contributed by atoms with Crippen molar-refractivity contribution in [2.24, 2.45) is 5.41 Å². The normalized spacial score (nSPS) is 13.1. The summed E-state index contributed by atoms with van der Waals surface area (Å²) in [5.41, 5.74) is 4.40. The van der Waals surface area contributed by atoms with Crippen LogP contribution in [-0.2, 0) is 4.43 Å². The van der Waals surface area contributed by atoms with Crippen molar-refractivity contribution in [2.75, 3.05) is 0 Å². The van der Waals surface area contributed by atoms with E-state index in [1.807, 2.05) is 35.0 Å². The number of rotatable bonds is 5. The number of benzene rings is 2. The highest BCUT2D eigenvalue weighted by atomic mass is 28.3. The van der Waals surface area contributed by atoms with E-state index < -0.39 is 9.04 Å². The van der Waals surface area contributed by atoms with Gasteiger partial charge in [-0.25, -0.2) is 13.8 Å². The molecule has 0 saturated carbocycles. The Morgan fingerprint density at radius 3 is 2.25 bits per heavy atom. The SMILES string of the molecule is C[SiH](C)OC(c1c(F)cccc1-c1ccc2nc(-c3ccc(F)cc3)cn2c1)C(C)(C)C. The van der Waals surface area contributed by atoms with Gasteiger partial charge in [-0.05, 0) is 72.1 Å². The Labute approximate surface area is 189 Å². The predicted octanol–water partition coefficient (Wildman–Crippen LogP) is 7.03. The van der Waals surface area contributed by atoms with Crippen molar-refractivity contribution in [1.29, 1.82) is 0 Å². The van der Waals surface area contributed by atoms with Crippen LogP contribution in [0.15, 0.2) is 67.0 Å². The summed E-state index contributed by atoms with van der Waals surface area (Å²) in [6, 6.07) is 15.3. The zero-order valence-electron chi connectivity index (χ0n) is 19.1. The van der Waals surface area contributed by atoms with Gasteiger partial charge in [0, 0.05) is 23.5 Å². The van der Waals surface area contributed by atoms with Crippen LogP contribution < -0.4 is 0 Å². The number of hydrogen-bond acceptors (Lipinski definition) is 2. The Balaban J connectivity index is 1.82. The molecular formula is C26H28F2N2OSi. The van der Waals surface area contributed by atoms with Crippen LogP contribution in [0.3, 0.4) is 0 Å². The first-order valence-corrected chi connectivity index (χ1v) is 13.6. The molecule has 0 bridgehead atoms. The fourth-order valence-electron chi connectivity index (χ4n) is 3.94. The van der Waals surface area contributed by atoms with Crippen molar-refractivity contribution in [3.05, 3.63) is 84.2 Å². The monoisotopic (exact) mass is 450 g/mol. The zero-order chi connectivity index (χ0) is 23.0. The van der Waals surface area contributed by atoms with Gasteiger partial charge >= 0.3 is 0 Å². The summed E-state index contributed by atoms with van der Waals surface area (Å²) in [6.45, 7) is 10.5.